The van der Waals surface area contributed by atoms with Crippen molar-refractivity contribution in [2.45, 2.75) is 32.7 Å². The summed E-state index contributed by atoms with van der Waals surface area (Å²) in [5.41, 5.74) is 0.904. The molecule has 1 heterocycles. The van der Waals surface area contributed by atoms with Gasteiger partial charge in [-0.1, -0.05) is 30.9 Å². The second-order valence-corrected chi connectivity index (χ2v) is 9.00. The van der Waals surface area contributed by atoms with Gasteiger partial charge >= 0.3 is 0 Å². The summed E-state index contributed by atoms with van der Waals surface area (Å²) in [4.78, 5) is 29.1. The van der Waals surface area contributed by atoms with Crippen molar-refractivity contribution in [1.82, 2.24) is 4.90 Å². The van der Waals surface area contributed by atoms with Crippen molar-refractivity contribution >= 4 is 17.4 Å². The molecule has 0 bridgehead atoms. The summed E-state index contributed by atoms with van der Waals surface area (Å²) in [5, 5.41) is 13.6. The summed E-state index contributed by atoms with van der Waals surface area (Å²) in [6.45, 7) is 6.10. The predicted octanol–water partition coefficient (Wildman–Crippen LogP) is 1.64. The van der Waals surface area contributed by atoms with Crippen LogP contribution < -0.4 is 24.2 Å². The van der Waals surface area contributed by atoms with Crippen LogP contribution in [0.5, 0.6) is 17.2 Å². The highest BCUT2D eigenvalue weighted by molar-refractivity contribution is 6.46. The number of benzene rings is 2. The van der Waals surface area contributed by atoms with E-state index in [1.165, 1.54) is 16.9 Å². The number of nitrogens with one attached hydrogen (secondary N) is 1. The van der Waals surface area contributed by atoms with Crippen molar-refractivity contribution in [1.29, 1.82) is 0 Å². The van der Waals surface area contributed by atoms with Crippen LogP contribution >= 0.6 is 0 Å². The van der Waals surface area contributed by atoms with Crippen molar-refractivity contribution in [3.8, 4) is 17.2 Å². The van der Waals surface area contributed by atoms with Crippen molar-refractivity contribution in [3.05, 3.63) is 59.2 Å². The Morgan fingerprint density at radius 2 is 1.75 bits per heavy atom. The molecule has 0 spiro atoms. The number of ketones is 1. The summed E-state index contributed by atoms with van der Waals surface area (Å²) in [6, 6.07) is 11.1. The number of carbonyl (C=O) groups is 2. The number of ether oxygens (including phenoxy) is 3. The van der Waals surface area contributed by atoms with E-state index < -0.39 is 23.5 Å². The van der Waals surface area contributed by atoms with Crippen LogP contribution in [0.2, 0.25) is 0 Å². The summed E-state index contributed by atoms with van der Waals surface area (Å²) in [5.74, 6) is -0.203. The Labute approximate surface area is 213 Å². The maximum Gasteiger partial charge on any atom is 0.295 e. The van der Waals surface area contributed by atoms with Crippen LogP contribution in [0.3, 0.4) is 0 Å². The molecule has 1 aliphatic rings. The van der Waals surface area contributed by atoms with E-state index in [9.17, 15) is 14.7 Å². The van der Waals surface area contributed by atoms with E-state index >= 15 is 0 Å². The average Bonchev–Trinajstić information content (AvgIpc) is 3.12. The van der Waals surface area contributed by atoms with E-state index in [4.69, 9.17) is 14.2 Å². The zero-order valence-corrected chi connectivity index (χ0v) is 21.8. The number of hydrogen-bond acceptors (Lipinski definition) is 6. The number of Topliss-reactive ketones (excluding diaryl/α,β-unsaturated/α-hetero) is 1. The Morgan fingerprint density at radius 3 is 2.36 bits per heavy atom. The van der Waals surface area contributed by atoms with Crippen molar-refractivity contribution in [2.75, 3.05) is 47.5 Å². The van der Waals surface area contributed by atoms with Gasteiger partial charge in [0.1, 0.15) is 5.75 Å². The molecule has 1 atom stereocenters. The smallest absolute Gasteiger partial charge is 0.295 e. The van der Waals surface area contributed by atoms with E-state index in [0.29, 0.717) is 54.6 Å². The van der Waals surface area contributed by atoms with E-state index in [1.54, 1.807) is 42.5 Å². The highest BCUT2D eigenvalue weighted by Crippen LogP contribution is 2.41. The van der Waals surface area contributed by atoms with Gasteiger partial charge < -0.3 is 29.1 Å². The first-order chi connectivity index (χ1) is 17.3. The fourth-order valence-corrected chi connectivity index (χ4v) is 4.26. The molecule has 1 saturated heterocycles. The van der Waals surface area contributed by atoms with Crippen LogP contribution in [0.15, 0.2) is 48.0 Å². The number of nitrogens with zero attached hydrogens (tertiary/aromatic N) is 1. The van der Waals surface area contributed by atoms with Crippen LogP contribution in [0.25, 0.3) is 5.76 Å². The minimum Gasteiger partial charge on any atom is -0.872 e. The molecule has 0 aliphatic carbocycles. The fourth-order valence-electron chi connectivity index (χ4n) is 4.26. The molecule has 0 saturated carbocycles. The summed E-state index contributed by atoms with van der Waals surface area (Å²) in [6.07, 6.45) is 1.53. The number of quaternary nitrogens is 1. The Balaban J connectivity index is 2.09. The lowest BCUT2D eigenvalue weighted by molar-refractivity contribution is -0.858. The maximum atomic E-state index is 13.6. The minimum absolute atomic E-state index is 0.0503. The van der Waals surface area contributed by atoms with E-state index in [-0.39, 0.29) is 5.57 Å². The number of amides is 1. The van der Waals surface area contributed by atoms with Gasteiger partial charge in [0.2, 0.25) is 5.78 Å². The van der Waals surface area contributed by atoms with Crippen LogP contribution in [0, 0.1) is 0 Å². The van der Waals surface area contributed by atoms with E-state index in [1.807, 2.05) is 27.9 Å². The Kier molecular flexibility index (Phi) is 9.36. The molecule has 1 unspecified atom stereocenters. The van der Waals surface area contributed by atoms with Gasteiger partial charge in [-0.3, -0.25) is 9.59 Å². The van der Waals surface area contributed by atoms with Gasteiger partial charge in [-0.2, -0.15) is 0 Å². The third-order valence-corrected chi connectivity index (χ3v) is 6.00. The largest absolute Gasteiger partial charge is 0.872 e. The summed E-state index contributed by atoms with van der Waals surface area (Å²) >= 11 is 0. The lowest BCUT2D eigenvalue weighted by atomic mass is 9.95. The van der Waals surface area contributed by atoms with Gasteiger partial charge in [-0.15, -0.1) is 0 Å². The molecular weight excluding hydrogens is 460 g/mol. The molecule has 2 aromatic carbocycles. The molecule has 1 aliphatic heterocycles. The molecule has 1 fully saturated rings. The molecule has 1 N–H and O–H groups in total. The zero-order valence-electron chi connectivity index (χ0n) is 21.8. The number of carbonyl (C=O) groups excluding carboxylic acids is 2. The van der Waals surface area contributed by atoms with Gasteiger partial charge in [0.15, 0.2) is 11.5 Å². The zero-order chi connectivity index (χ0) is 26.2. The SMILES string of the molecule is CCCOc1ccc(C2/C(=C(\[O-])c3ccc(OCC)cc3)C(=O)C(=O)N2CCC[NH+](C)C)cc1OC. The monoisotopic (exact) mass is 496 g/mol. The van der Waals surface area contributed by atoms with E-state index in [2.05, 4.69) is 0 Å². The number of likely N-dealkylation sites (tertiary alicyclic amines) is 1. The van der Waals surface area contributed by atoms with E-state index in [0.717, 1.165) is 13.0 Å². The highest BCUT2D eigenvalue weighted by Gasteiger charge is 2.44. The summed E-state index contributed by atoms with van der Waals surface area (Å²) in [7, 11) is 5.60. The second kappa shape index (κ2) is 12.4. The molecule has 194 valence electrons. The first-order valence-electron chi connectivity index (χ1n) is 12.4. The van der Waals surface area contributed by atoms with Crippen molar-refractivity contribution in [2.24, 2.45) is 0 Å². The average molecular weight is 497 g/mol. The minimum atomic E-state index is -0.810. The molecule has 2 aromatic rings. The molecule has 8 nitrogen and oxygen atoms in total. The van der Waals surface area contributed by atoms with Gasteiger partial charge in [-0.05, 0) is 48.7 Å². The molecule has 36 heavy (non-hydrogen) atoms. The summed E-state index contributed by atoms with van der Waals surface area (Å²) < 4.78 is 16.8. The lowest BCUT2D eigenvalue weighted by Crippen LogP contribution is -3.05. The van der Waals surface area contributed by atoms with Gasteiger partial charge in [0.05, 0.1) is 47.0 Å². The quantitative estimate of drug-likeness (QED) is 0.273. The Morgan fingerprint density at radius 1 is 1.03 bits per heavy atom. The van der Waals surface area contributed by atoms with Crippen molar-refractivity contribution in [3.63, 3.8) is 0 Å². The first kappa shape index (κ1) is 27.1. The molecule has 1 amide bonds. The van der Waals surface area contributed by atoms with Crippen LogP contribution in [0.1, 0.15) is 43.9 Å². The molecule has 3 rings (SSSR count). The second-order valence-electron chi connectivity index (χ2n) is 9.00. The van der Waals surface area contributed by atoms with Crippen LogP contribution in [0.4, 0.5) is 0 Å². The normalized spacial score (nSPS) is 17.1. The number of hydrogen-bond donors (Lipinski definition) is 1. The number of rotatable bonds is 12. The standard InChI is InChI=1S/C28H36N2O6/c1-6-17-36-22-14-11-20(18-23(22)34-5)25-24(26(31)19-9-12-21(13-10-19)35-7-2)27(32)28(33)30(25)16-8-15-29(3)4/h9-14,18,25,31H,6-8,15-17H2,1-5H3/b26-24+. The highest BCUT2D eigenvalue weighted by atomic mass is 16.5. The van der Waals surface area contributed by atoms with Crippen molar-refractivity contribution < 1.29 is 33.8 Å². The number of methoxy groups -OCH3 is 1. The first-order valence-corrected chi connectivity index (χ1v) is 12.4. The topological polar surface area (TPSA) is 92.6 Å². The lowest BCUT2D eigenvalue weighted by Gasteiger charge is -2.28. The third kappa shape index (κ3) is 5.99. The fraction of sp³-hybridized carbons (Fsp3) is 0.429. The molecular formula is C28H36N2O6. The third-order valence-electron chi connectivity index (χ3n) is 6.00. The molecule has 0 aromatic heterocycles. The van der Waals surface area contributed by atoms with Crippen LogP contribution in [-0.4, -0.2) is 64.1 Å². The van der Waals surface area contributed by atoms with Gasteiger partial charge in [-0.25, -0.2) is 0 Å². The molecule has 8 heteroatoms. The Hall–Kier alpha value is -3.52. The predicted molar refractivity (Wildman–Crippen MR) is 135 cm³/mol. The van der Waals surface area contributed by atoms with Gasteiger partial charge in [0.25, 0.3) is 5.91 Å². The maximum absolute atomic E-state index is 13.6. The van der Waals surface area contributed by atoms with Gasteiger partial charge in [0, 0.05) is 18.5 Å². The molecule has 0 radical (unpaired) electrons. The van der Waals surface area contributed by atoms with Crippen LogP contribution in [-0.2, 0) is 9.59 Å². The Bertz CT molecular complexity index is 1090.